The van der Waals surface area contributed by atoms with Crippen LogP contribution in [0.5, 0.6) is 5.75 Å². The van der Waals surface area contributed by atoms with Crippen LogP contribution in [0, 0.1) is 10.1 Å². The average Bonchev–Trinajstić information content (AvgIpc) is 3.16. The third-order valence-electron chi connectivity index (χ3n) is 4.76. The normalized spacial score (nSPS) is 17.5. The molecule has 0 aromatic heterocycles. The van der Waals surface area contributed by atoms with Crippen molar-refractivity contribution in [2.24, 2.45) is 0 Å². The number of nitro groups is 1. The second kappa shape index (κ2) is 8.24. The van der Waals surface area contributed by atoms with Gasteiger partial charge >= 0.3 is 5.97 Å². The van der Waals surface area contributed by atoms with E-state index in [1.54, 1.807) is 0 Å². The number of hydrogen-bond donors (Lipinski definition) is 1. The molecule has 0 saturated heterocycles. The molecule has 2 aliphatic rings. The number of carbonyl (C=O) groups is 3. The molecule has 1 N–H and O–H groups in total. The fourth-order valence-electron chi connectivity index (χ4n) is 3.28. The number of non-ortho nitro benzene ring substituents is 1. The number of rotatable bonds is 6. The number of carbonyl (C=O) groups excluding carboxylic acids is 3. The molecule has 1 fully saturated rings. The summed E-state index contributed by atoms with van der Waals surface area (Å²) >= 11 is 0. The van der Waals surface area contributed by atoms with Gasteiger partial charge < -0.3 is 14.8 Å². The van der Waals surface area contributed by atoms with E-state index in [4.69, 9.17) is 9.47 Å². The highest BCUT2D eigenvalue weighted by molar-refractivity contribution is 6.02. The molecule has 1 saturated carbocycles. The van der Waals surface area contributed by atoms with Gasteiger partial charge in [-0.05, 0) is 25.8 Å². The van der Waals surface area contributed by atoms with Crippen LogP contribution in [0.2, 0.25) is 0 Å². The fraction of sp³-hybridized carbons (Fsp3) is 0.500. The fourth-order valence-corrected chi connectivity index (χ4v) is 3.28. The van der Waals surface area contributed by atoms with E-state index >= 15 is 0 Å². The van der Waals surface area contributed by atoms with Crippen LogP contribution >= 0.6 is 0 Å². The van der Waals surface area contributed by atoms with Gasteiger partial charge in [0.1, 0.15) is 12.3 Å². The summed E-state index contributed by atoms with van der Waals surface area (Å²) in [6, 6.07) is 3.88. The lowest BCUT2D eigenvalue weighted by molar-refractivity contribution is -0.384. The number of nitrogens with zero attached hydrogens (tertiary/aromatic N) is 2. The number of amides is 2. The Bertz CT molecular complexity index is 804. The summed E-state index contributed by atoms with van der Waals surface area (Å²) in [5.74, 6) is -1.45. The summed E-state index contributed by atoms with van der Waals surface area (Å²) in [6.07, 6.45) is 2.93. The van der Waals surface area contributed by atoms with Crippen molar-refractivity contribution in [2.75, 3.05) is 18.1 Å². The van der Waals surface area contributed by atoms with Crippen LogP contribution in [0.4, 0.5) is 11.4 Å². The number of hydrogen-bond acceptors (Lipinski definition) is 7. The van der Waals surface area contributed by atoms with E-state index in [2.05, 4.69) is 5.32 Å². The van der Waals surface area contributed by atoms with Crippen LogP contribution in [0.1, 0.15) is 32.6 Å². The highest BCUT2D eigenvalue weighted by atomic mass is 16.6. The second-order valence-corrected chi connectivity index (χ2v) is 6.80. The zero-order chi connectivity index (χ0) is 20.3. The highest BCUT2D eigenvalue weighted by Crippen LogP contribution is 2.35. The number of esters is 1. The molecule has 0 bridgehead atoms. The van der Waals surface area contributed by atoms with E-state index in [-0.39, 0.29) is 35.7 Å². The molecule has 1 aromatic carbocycles. The Morgan fingerprint density at radius 3 is 2.79 bits per heavy atom. The van der Waals surface area contributed by atoms with Crippen molar-refractivity contribution in [3.05, 3.63) is 28.3 Å². The van der Waals surface area contributed by atoms with E-state index in [0.29, 0.717) is 0 Å². The van der Waals surface area contributed by atoms with E-state index in [0.717, 1.165) is 36.6 Å². The maximum Gasteiger partial charge on any atom is 0.326 e. The molecule has 150 valence electrons. The lowest BCUT2D eigenvalue weighted by atomic mass is 10.2. The van der Waals surface area contributed by atoms with Crippen LogP contribution in [0.15, 0.2) is 18.2 Å². The predicted octanol–water partition coefficient (Wildman–Crippen LogP) is 1.31. The Kier molecular flexibility index (Phi) is 5.76. The van der Waals surface area contributed by atoms with Crippen molar-refractivity contribution in [1.82, 2.24) is 5.32 Å². The van der Waals surface area contributed by atoms with Gasteiger partial charge in [0.25, 0.3) is 17.5 Å². The molecule has 28 heavy (non-hydrogen) atoms. The van der Waals surface area contributed by atoms with Crippen LogP contribution in [-0.4, -0.2) is 48.0 Å². The zero-order valence-corrected chi connectivity index (χ0v) is 15.4. The average molecular weight is 391 g/mol. The van der Waals surface area contributed by atoms with Crippen molar-refractivity contribution < 1.29 is 28.8 Å². The lowest BCUT2D eigenvalue weighted by Gasteiger charge is -2.28. The van der Waals surface area contributed by atoms with Gasteiger partial charge in [0, 0.05) is 18.2 Å². The van der Waals surface area contributed by atoms with E-state index in [1.807, 2.05) is 0 Å². The van der Waals surface area contributed by atoms with Gasteiger partial charge in [-0.15, -0.1) is 0 Å². The Hall–Kier alpha value is -3.17. The van der Waals surface area contributed by atoms with Gasteiger partial charge in [-0.25, -0.2) is 0 Å². The highest BCUT2D eigenvalue weighted by Gasteiger charge is 2.31. The Morgan fingerprint density at radius 1 is 1.39 bits per heavy atom. The minimum absolute atomic E-state index is 0.0990. The second-order valence-electron chi connectivity index (χ2n) is 6.80. The molecule has 10 nitrogen and oxygen atoms in total. The Labute approximate surface area is 160 Å². The monoisotopic (exact) mass is 391 g/mol. The topological polar surface area (TPSA) is 128 Å². The number of benzene rings is 1. The predicted molar refractivity (Wildman–Crippen MR) is 96.9 cm³/mol. The first-order valence-corrected chi connectivity index (χ1v) is 9.06. The molecule has 1 aliphatic heterocycles. The van der Waals surface area contributed by atoms with Gasteiger partial charge in [0.05, 0.1) is 10.6 Å². The standard InChI is InChI=1S/C18H21N3O7/c1-11(18(24)19-12-4-2-3-5-12)28-17(23)9-20-14-8-13(21(25)26)6-7-15(14)27-10-16(20)22/h6-8,11-12H,2-5,9-10H2,1H3,(H,19,24)/t11-/m0/s1. The van der Waals surface area contributed by atoms with Crippen molar-refractivity contribution in [3.63, 3.8) is 0 Å². The number of anilines is 1. The van der Waals surface area contributed by atoms with Crippen molar-refractivity contribution in [2.45, 2.75) is 44.8 Å². The molecule has 0 unspecified atom stereocenters. The van der Waals surface area contributed by atoms with Crippen molar-refractivity contribution >= 4 is 29.2 Å². The van der Waals surface area contributed by atoms with Crippen LogP contribution in [-0.2, 0) is 19.1 Å². The number of nitro benzene ring substituents is 1. The summed E-state index contributed by atoms with van der Waals surface area (Å²) in [5, 5.41) is 13.8. The third-order valence-corrected chi connectivity index (χ3v) is 4.76. The van der Waals surface area contributed by atoms with Crippen LogP contribution < -0.4 is 15.0 Å². The van der Waals surface area contributed by atoms with E-state index in [9.17, 15) is 24.5 Å². The Morgan fingerprint density at radius 2 is 2.11 bits per heavy atom. The molecule has 1 aliphatic carbocycles. The van der Waals surface area contributed by atoms with E-state index < -0.39 is 29.4 Å². The summed E-state index contributed by atoms with van der Waals surface area (Å²) in [7, 11) is 0. The molecule has 2 amide bonds. The van der Waals surface area contributed by atoms with Gasteiger partial charge in [0.15, 0.2) is 12.7 Å². The first kappa shape index (κ1) is 19.6. The van der Waals surface area contributed by atoms with Crippen molar-refractivity contribution in [3.8, 4) is 5.75 Å². The first-order chi connectivity index (χ1) is 13.3. The smallest absolute Gasteiger partial charge is 0.326 e. The first-order valence-electron chi connectivity index (χ1n) is 9.06. The van der Waals surface area contributed by atoms with Crippen molar-refractivity contribution in [1.29, 1.82) is 0 Å². The van der Waals surface area contributed by atoms with Gasteiger partial charge in [0.2, 0.25) is 0 Å². The van der Waals surface area contributed by atoms with Gasteiger partial charge in [-0.2, -0.15) is 0 Å². The summed E-state index contributed by atoms with van der Waals surface area (Å²) < 4.78 is 10.4. The number of ether oxygens (including phenoxy) is 2. The molecule has 1 atom stereocenters. The molecule has 0 radical (unpaired) electrons. The number of fused-ring (bicyclic) bond motifs is 1. The molecular weight excluding hydrogens is 370 g/mol. The largest absolute Gasteiger partial charge is 0.482 e. The summed E-state index contributed by atoms with van der Waals surface area (Å²) in [4.78, 5) is 48.0. The molecule has 3 rings (SSSR count). The minimum Gasteiger partial charge on any atom is -0.482 e. The number of nitrogens with one attached hydrogen (secondary N) is 1. The van der Waals surface area contributed by atoms with Gasteiger partial charge in [-0.3, -0.25) is 29.4 Å². The SMILES string of the molecule is C[C@H](OC(=O)CN1C(=O)COc2ccc([N+](=O)[O-])cc21)C(=O)NC1CCCC1. The molecule has 1 aromatic rings. The zero-order valence-electron chi connectivity index (χ0n) is 15.4. The van der Waals surface area contributed by atoms with E-state index in [1.165, 1.54) is 19.1 Å². The molecular formula is C18H21N3O7. The third kappa shape index (κ3) is 4.38. The molecule has 0 spiro atoms. The summed E-state index contributed by atoms with van der Waals surface area (Å²) in [5.41, 5.74) is -0.120. The lowest BCUT2D eigenvalue weighted by Crippen LogP contribution is -2.45. The van der Waals surface area contributed by atoms with Crippen LogP contribution in [0.3, 0.4) is 0 Å². The Balaban J connectivity index is 1.64. The quantitative estimate of drug-likeness (QED) is 0.440. The minimum atomic E-state index is -1.01. The summed E-state index contributed by atoms with van der Waals surface area (Å²) in [6.45, 7) is 0.690. The molecule has 10 heteroatoms. The maximum absolute atomic E-state index is 12.3. The van der Waals surface area contributed by atoms with Crippen LogP contribution in [0.25, 0.3) is 0 Å². The maximum atomic E-state index is 12.3. The van der Waals surface area contributed by atoms with Gasteiger partial charge in [-0.1, -0.05) is 12.8 Å². The molecule has 1 heterocycles.